The van der Waals surface area contributed by atoms with E-state index in [9.17, 15) is 0 Å². The van der Waals surface area contributed by atoms with Gasteiger partial charge in [0.25, 0.3) is 0 Å². The van der Waals surface area contributed by atoms with E-state index >= 15 is 0 Å². The van der Waals surface area contributed by atoms with Crippen molar-refractivity contribution in [1.82, 2.24) is 24.6 Å². The first-order valence-electron chi connectivity index (χ1n) is 7.89. The molecule has 0 saturated carbocycles. The van der Waals surface area contributed by atoms with Crippen LogP contribution < -0.4 is 0 Å². The molecule has 24 heavy (non-hydrogen) atoms. The van der Waals surface area contributed by atoms with Crippen LogP contribution in [-0.4, -0.2) is 51.7 Å². The molecule has 128 valence electrons. The van der Waals surface area contributed by atoms with Gasteiger partial charge in [0.05, 0.1) is 6.20 Å². The molecule has 0 aliphatic rings. The van der Waals surface area contributed by atoms with Crippen LogP contribution in [-0.2, 0) is 20.1 Å². The van der Waals surface area contributed by atoms with Crippen molar-refractivity contribution < 1.29 is 0 Å². The van der Waals surface area contributed by atoms with Crippen molar-refractivity contribution >= 4 is 34.0 Å². The standard InChI is InChI=1S/C17H22ClN5S/c1-21(2)6-7-23(12-15-5-4-8-24-15)11-14-9-13-10-19-22(3)17(13)20-16(14)18/h4-5,8-10H,6-7,11-12H2,1-3H3. The summed E-state index contributed by atoms with van der Waals surface area (Å²) in [5.74, 6) is 0. The Morgan fingerprint density at radius 1 is 1.25 bits per heavy atom. The van der Waals surface area contributed by atoms with Crippen LogP contribution in [0.5, 0.6) is 0 Å². The summed E-state index contributed by atoms with van der Waals surface area (Å²) in [5.41, 5.74) is 1.87. The van der Waals surface area contributed by atoms with E-state index in [0.29, 0.717) is 5.15 Å². The molecule has 3 heterocycles. The van der Waals surface area contributed by atoms with Gasteiger partial charge in [-0.05, 0) is 31.6 Å². The van der Waals surface area contributed by atoms with E-state index < -0.39 is 0 Å². The Kier molecular flexibility index (Phi) is 5.50. The van der Waals surface area contributed by atoms with Crippen molar-refractivity contribution in [3.8, 4) is 0 Å². The van der Waals surface area contributed by atoms with Gasteiger partial charge in [0.15, 0.2) is 5.65 Å². The maximum atomic E-state index is 6.43. The molecule has 5 nitrogen and oxygen atoms in total. The van der Waals surface area contributed by atoms with Gasteiger partial charge in [-0.15, -0.1) is 11.3 Å². The lowest BCUT2D eigenvalue weighted by Crippen LogP contribution is -2.31. The number of fused-ring (bicyclic) bond motifs is 1. The molecule has 7 heteroatoms. The molecule has 3 aromatic rings. The smallest absolute Gasteiger partial charge is 0.159 e. The van der Waals surface area contributed by atoms with Crippen molar-refractivity contribution in [2.24, 2.45) is 7.05 Å². The molecular weight excluding hydrogens is 342 g/mol. The highest BCUT2D eigenvalue weighted by Crippen LogP contribution is 2.22. The zero-order chi connectivity index (χ0) is 17.1. The number of halogens is 1. The number of thiophene rings is 1. The summed E-state index contributed by atoms with van der Waals surface area (Å²) in [6, 6.07) is 6.38. The molecule has 0 saturated heterocycles. The van der Waals surface area contributed by atoms with Gasteiger partial charge in [-0.25, -0.2) is 4.98 Å². The van der Waals surface area contributed by atoms with Crippen LogP contribution in [0.15, 0.2) is 29.8 Å². The molecule has 0 spiro atoms. The van der Waals surface area contributed by atoms with Crippen molar-refractivity contribution in [2.45, 2.75) is 13.1 Å². The fraction of sp³-hybridized carbons (Fsp3) is 0.412. The Labute approximate surface area is 151 Å². The Morgan fingerprint density at radius 2 is 2.08 bits per heavy atom. The van der Waals surface area contributed by atoms with E-state index in [4.69, 9.17) is 11.6 Å². The predicted octanol–water partition coefficient (Wildman–Crippen LogP) is 3.25. The molecule has 0 aromatic carbocycles. The van der Waals surface area contributed by atoms with Gasteiger partial charge in [0, 0.05) is 49.1 Å². The van der Waals surface area contributed by atoms with Crippen LogP contribution in [0.3, 0.4) is 0 Å². The second-order valence-electron chi connectivity index (χ2n) is 6.21. The Bertz CT molecular complexity index is 797. The lowest BCUT2D eigenvalue weighted by atomic mass is 10.2. The Morgan fingerprint density at radius 3 is 2.79 bits per heavy atom. The largest absolute Gasteiger partial charge is 0.308 e. The SMILES string of the molecule is CN(C)CCN(Cc1cccs1)Cc1cc2cnn(C)c2nc1Cl. The van der Waals surface area contributed by atoms with Crippen LogP contribution in [0.25, 0.3) is 11.0 Å². The van der Waals surface area contributed by atoms with Gasteiger partial charge >= 0.3 is 0 Å². The van der Waals surface area contributed by atoms with E-state index in [-0.39, 0.29) is 0 Å². The van der Waals surface area contributed by atoms with Gasteiger partial charge in [-0.2, -0.15) is 5.10 Å². The number of nitrogens with zero attached hydrogens (tertiary/aromatic N) is 5. The fourth-order valence-electron chi connectivity index (χ4n) is 2.63. The second-order valence-corrected chi connectivity index (χ2v) is 7.60. The minimum Gasteiger partial charge on any atom is -0.308 e. The Balaban J connectivity index is 1.81. The molecule has 0 N–H and O–H groups in total. The van der Waals surface area contributed by atoms with Gasteiger partial charge in [0.1, 0.15) is 5.15 Å². The van der Waals surface area contributed by atoms with Crippen molar-refractivity contribution in [3.63, 3.8) is 0 Å². The molecule has 0 amide bonds. The molecule has 0 atom stereocenters. The summed E-state index contributed by atoms with van der Waals surface area (Å²) in [6.07, 6.45) is 1.84. The van der Waals surface area contributed by atoms with E-state index in [0.717, 1.165) is 42.8 Å². The summed E-state index contributed by atoms with van der Waals surface area (Å²) in [4.78, 5) is 10.5. The van der Waals surface area contributed by atoms with E-state index in [2.05, 4.69) is 57.6 Å². The average molecular weight is 364 g/mol. The lowest BCUT2D eigenvalue weighted by molar-refractivity contribution is 0.228. The zero-order valence-electron chi connectivity index (χ0n) is 14.2. The van der Waals surface area contributed by atoms with Gasteiger partial charge < -0.3 is 4.90 Å². The van der Waals surface area contributed by atoms with Gasteiger partial charge in [0.2, 0.25) is 0 Å². The molecule has 0 aliphatic heterocycles. The third-order valence-corrected chi connectivity index (χ3v) is 5.14. The van der Waals surface area contributed by atoms with E-state index in [1.165, 1.54) is 4.88 Å². The maximum absolute atomic E-state index is 6.43. The third-order valence-electron chi connectivity index (χ3n) is 3.95. The number of aryl methyl sites for hydroxylation is 1. The average Bonchev–Trinajstić information content (AvgIpc) is 3.16. The molecule has 3 aromatic heterocycles. The topological polar surface area (TPSA) is 37.2 Å². The number of hydrogen-bond acceptors (Lipinski definition) is 5. The molecule has 0 fully saturated rings. The minimum absolute atomic E-state index is 0.562. The van der Waals surface area contributed by atoms with E-state index in [1.807, 2.05) is 13.2 Å². The molecule has 0 unspecified atom stereocenters. The van der Waals surface area contributed by atoms with Crippen LogP contribution in [0, 0.1) is 0 Å². The van der Waals surface area contributed by atoms with E-state index in [1.54, 1.807) is 16.0 Å². The molecule has 0 bridgehead atoms. The summed E-state index contributed by atoms with van der Waals surface area (Å²) in [5, 5.41) is 7.97. The summed E-state index contributed by atoms with van der Waals surface area (Å²) in [7, 11) is 6.07. The van der Waals surface area contributed by atoms with Gasteiger partial charge in [-0.3, -0.25) is 9.58 Å². The maximum Gasteiger partial charge on any atom is 0.159 e. The summed E-state index contributed by atoms with van der Waals surface area (Å²) < 4.78 is 1.75. The van der Waals surface area contributed by atoms with Crippen LogP contribution in [0.2, 0.25) is 5.15 Å². The number of hydrogen-bond donors (Lipinski definition) is 0. The highest BCUT2D eigenvalue weighted by molar-refractivity contribution is 7.09. The minimum atomic E-state index is 0.562. The summed E-state index contributed by atoms with van der Waals surface area (Å²) in [6.45, 7) is 3.69. The third kappa shape index (κ3) is 4.13. The molecule has 0 radical (unpaired) electrons. The fourth-order valence-corrected chi connectivity index (χ4v) is 3.57. The zero-order valence-corrected chi connectivity index (χ0v) is 15.8. The first-order valence-corrected chi connectivity index (χ1v) is 9.15. The molecular formula is C17H22ClN5S. The molecule has 3 rings (SSSR count). The van der Waals surface area contributed by atoms with Crippen molar-refractivity contribution in [1.29, 1.82) is 0 Å². The number of pyridine rings is 1. The first kappa shape index (κ1) is 17.4. The van der Waals surface area contributed by atoms with Crippen molar-refractivity contribution in [3.05, 3.63) is 45.4 Å². The first-order chi connectivity index (χ1) is 11.5. The number of aromatic nitrogens is 3. The Hall–Kier alpha value is -1.47. The highest BCUT2D eigenvalue weighted by atomic mass is 35.5. The van der Waals surface area contributed by atoms with Crippen LogP contribution >= 0.6 is 22.9 Å². The highest BCUT2D eigenvalue weighted by Gasteiger charge is 2.13. The lowest BCUT2D eigenvalue weighted by Gasteiger charge is -2.24. The number of rotatable bonds is 7. The number of likely N-dealkylation sites (N-methyl/N-ethyl adjacent to an activating group) is 1. The van der Waals surface area contributed by atoms with Crippen LogP contribution in [0.1, 0.15) is 10.4 Å². The molecule has 0 aliphatic carbocycles. The van der Waals surface area contributed by atoms with Crippen LogP contribution in [0.4, 0.5) is 0 Å². The predicted molar refractivity (Wildman–Crippen MR) is 101 cm³/mol. The summed E-state index contributed by atoms with van der Waals surface area (Å²) >= 11 is 8.22. The quantitative estimate of drug-likeness (QED) is 0.604. The monoisotopic (exact) mass is 363 g/mol. The van der Waals surface area contributed by atoms with Gasteiger partial charge in [-0.1, -0.05) is 17.7 Å². The van der Waals surface area contributed by atoms with Crippen molar-refractivity contribution in [2.75, 3.05) is 27.2 Å². The normalized spacial score (nSPS) is 11.9. The second kappa shape index (κ2) is 7.61.